The van der Waals surface area contributed by atoms with Crippen molar-refractivity contribution >= 4 is 28.5 Å². The predicted molar refractivity (Wildman–Crippen MR) is 52.3 cm³/mol. The van der Waals surface area contributed by atoms with Gasteiger partial charge in [-0.25, -0.2) is 4.39 Å². The van der Waals surface area contributed by atoms with Crippen molar-refractivity contribution in [2.45, 2.75) is 0 Å². The van der Waals surface area contributed by atoms with Gasteiger partial charge in [0, 0.05) is 0 Å². The van der Waals surface area contributed by atoms with Crippen LogP contribution in [0, 0.1) is 20.7 Å². The van der Waals surface area contributed by atoms with Crippen LogP contribution in [0.1, 0.15) is 15.9 Å². The normalized spacial score (nSPS) is 9.31. The van der Waals surface area contributed by atoms with E-state index in [0.29, 0.717) is 0 Å². The van der Waals surface area contributed by atoms with Gasteiger partial charge in [0.2, 0.25) is 0 Å². The number of nitriles is 1. The van der Waals surface area contributed by atoms with Crippen molar-refractivity contribution in [3.05, 3.63) is 32.6 Å². The molecule has 0 aliphatic carbocycles. The Morgan fingerprint density at radius 1 is 1.62 bits per heavy atom. The molecule has 0 aromatic heterocycles. The van der Waals surface area contributed by atoms with Gasteiger partial charge in [-0.1, -0.05) is 0 Å². The maximum Gasteiger partial charge on any atom is 0.251 e. The van der Waals surface area contributed by atoms with E-state index < -0.39 is 11.7 Å². The van der Waals surface area contributed by atoms with Gasteiger partial charge in [0.25, 0.3) is 5.91 Å². The number of amides is 1. The molecule has 0 fully saturated rings. The largest absolute Gasteiger partial charge is 0.366 e. The number of carbonyl (C=O) groups excluding carboxylic acids is 1. The second-order valence-electron chi connectivity index (χ2n) is 2.26. The van der Waals surface area contributed by atoms with Crippen molar-refractivity contribution in [1.29, 1.82) is 5.26 Å². The fraction of sp³-hybridized carbons (Fsp3) is 0. The van der Waals surface area contributed by atoms with Gasteiger partial charge in [-0.05, 0) is 34.7 Å². The fourth-order valence-corrected chi connectivity index (χ4v) is 1.62. The van der Waals surface area contributed by atoms with E-state index in [4.69, 9.17) is 11.0 Å². The number of nitrogens with zero attached hydrogens (tertiary/aromatic N) is 1. The SMILES string of the molecule is N#Cc1ccc(F)c(I)c1C(N)=O. The average Bonchev–Trinajstić information content (AvgIpc) is 2.08. The molecule has 1 rings (SSSR count). The lowest BCUT2D eigenvalue weighted by Gasteiger charge is -2.02. The highest BCUT2D eigenvalue weighted by molar-refractivity contribution is 14.1. The lowest BCUT2D eigenvalue weighted by molar-refractivity contribution is 0.0998. The van der Waals surface area contributed by atoms with E-state index in [0.717, 1.165) is 6.07 Å². The van der Waals surface area contributed by atoms with Crippen molar-refractivity contribution in [2.75, 3.05) is 0 Å². The standard InChI is InChI=1S/C8H4FIN2O/c9-5-2-1-4(3-11)6(7(5)10)8(12)13/h1-2H,(H2,12,13). The molecule has 0 saturated carbocycles. The molecule has 0 spiro atoms. The third kappa shape index (κ3) is 1.78. The molecule has 0 bridgehead atoms. The minimum absolute atomic E-state index is 0.0527. The highest BCUT2D eigenvalue weighted by Gasteiger charge is 2.15. The van der Waals surface area contributed by atoms with E-state index in [1.165, 1.54) is 6.07 Å². The molecule has 3 nitrogen and oxygen atoms in total. The third-order valence-corrected chi connectivity index (χ3v) is 2.52. The van der Waals surface area contributed by atoms with Crippen LogP contribution in [0.15, 0.2) is 12.1 Å². The zero-order chi connectivity index (χ0) is 10.0. The number of carbonyl (C=O) groups is 1. The molecule has 0 heterocycles. The number of rotatable bonds is 1. The van der Waals surface area contributed by atoms with E-state index in [9.17, 15) is 9.18 Å². The number of primary amides is 1. The second-order valence-corrected chi connectivity index (χ2v) is 3.34. The second kappa shape index (κ2) is 3.70. The van der Waals surface area contributed by atoms with Gasteiger partial charge in [-0.3, -0.25) is 4.79 Å². The summed E-state index contributed by atoms with van der Waals surface area (Å²) in [5.74, 6) is -1.34. The fourth-order valence-electron chi connectivity index (χ4n) is 0.885. The molecule has 13 heavy (non-hydrogen) atoms. The zero-order valence-electron chi connectivity index (χ0n) is 6.34. The van der Waals surface area contributed by atoms with Gasteiger partial charge in [0.05, 0.1) is 20.8 Å². The maximum atomic E-state index is 12.9. The van der Waals surface area contributed by atoms with Crippen molar-refractivity contribution in [2.24, 2.45) is 5.73 Å². The molecule has 1 aromatic carbocycles. The first-order chi connectivity index (χ1) is 6.07. The van der Waals surface area contributed by atoms with E-state index in [1.54, 1.807) is 28.7 Å². The molecule has 0 aliphatic rings. The Morgan fingerprint density at radius 2 is 2.23 bits per heavy atom. The van der Waals surface area contributed by atoms with Crippen LogP contribution in [0.2, 0.25) is 0 Å². The van der Waals surface area contributed by atoms with Crippen molar-refractivity contribution in [3.8, 4) is 6.07 Å². The van der Waals surface area contributed by atoms with E-state index in [-0.39, 0.29) is 14.7 Å². The lowest BCUT2D eigenvalue weighted by Crippen LogP contribution is -2.15. The molecule has 5 heteroatoms. The summed E-state index contributed by atoms with van der Waals surface area (Å²) >= 11 is 1.64. The van der Waals surface area contributed by atoms with Gasteiger partial charge < -0.3 is 5.73 Å². The highest BCUT2D eigenvalue weighted by atomic mass is 127. The van der Waals surface area contributed by atoms with Crippen LogP contribution < -0.4 is 5.73 Å². The van der Waals surface area contributed by atoms with Crippen molar-refractivity contribution in [3.63, 3.8) is 0 Å². The lowest BCUT2D eigenvalue weighted by atomic mass is 10.1. The quantitative estimate of drug-likeness (QED) is 0.794. The molecule has 66 valence electrons. The van der Waals surface area contributed by atoms with Gasteiger partial charge >= 0.3 is 0 Å². The maximum absolute atomic E-state index is 12.9. The minimum Gasteiger partial charge on any atom is -0.366 e. The first-order valence-electron chi connectivity index (χ1n) is 3.26. The van der Waals surface area contributed by atoms with Crippen molar-refractivity contribution < 1.29 is 9.18 Å². The van der Waals surface area contributed by atoms with Crippen LogP contribution in [0.5, 0.6) is 0 Å². The summed E-state index contributed by atoms with van der Waals surface area (Å²) in [5.41, 5.74) is 5.04. The number of halogens is 2. The van der Waals surface area contributed by atoms with Crippen LogP contribution in [0.25, 0.3) is 0 Å². The summed E-state index contributed by atoms with van der Waals surface area (Å²) in [5, 5.41) is 8.60. The monoisotopic (exact) mass is 290 g/mol. The molecule has 0 aliphatic heterocycles. The van der Waals surface area contributed by atoms with E-state index >= 15 is 0 Å². The first kappa shape index (κ1) is 9.92. The van der Waals surface area contributed by atoms with E-state index in [2.05, 4.69) is 0 Å². The van der Waals surface area contributed by atoms with Gasteiger partial charge in [0.15, 0.2) is 0 Å². The van der Waals surface area contributed by atoms with E-state index in [1.807, 2.05) is 0 Å². The Morgan fingerprint density at radius 3 is 2.69 bits per heavy atom. The molecular formula is C8H4FIN2O. The van der Waals surface area contributed by atoms with Crippen LogP contribution in [0.3, 0.4) is 0 Å². The number of hydrogen-bond acceptors (Lipinski definition) is 2. The summed E-state index contributed by atoms with van der Waals surface area (Å²) in [7, 11) is 0. The molecular weight excluding hydrogens is 286 g/mol. The number of hydrogen-bond donors (Lipinski definition) is 1. The Balaban J connectivity index is 3.53. The smallest absolute Gasteiger partial charge is 0.251 e. The average molecular weight is 290 g/mol. The topological polar surface area (TPSA) is 66.9 Å². The minimum atomic E-state index is -0.791. The van der Waals surface area contributed by atoms with Gasteiger partial charge in [-0.15, -0.1) is 0 Å². The van der Waals surface area contributed by atoms with Crippen LogP contribution in [-0.4, -0.2) is 5.91 Å². The summed E-state index contributed by atoms with van der Waals surface area (Å²) in [4.78, 5) is 10.9. The Hall–Kier alpha value is -1.16. The highest BCUT2D eigenvalue weighted by Crippen LogP contribution is 2.19. The Kier molecular flexibility index (Phi) is 2.83. The molecule has 0 radical (unpaired) electrons. The van der Waals surface area contributed by atoms with Crippen LogP contribution >= 0.6 is 22.6 Å². The summed E-state index contributed by atoms with van der Waals surface area (Å²) < 4.78 is 13.0. The number of nitrogens with two attached hydrogens (primary N) is 1. The molecule has 1 amide bonds. The Labute approximate surface area is 87.5 Å². The zero-order valence-corrected chi connectivity index (χ0v) is 8.50. The molecule has 0 unspecified atom stereocenters. The number of benzene rings is 1. The van der Waals surface area contributed by atoms with Crippen LogP contribution in [0.4, 0.5) is 4.39 Å². The first-order valence-corrected chi connectivity index (χ1v) is 4.33. The van der Waals surface area contributed by atoms with Gasteiger partial charge in [0.1, 0.15) is 5.82 Å². The molecule has 0 atom stereocenters. The van der Waals surface area contributed by atoms with Gasteiger partial charge in [-0.2, -0.15) is 5.26 Å². The molecule has 0 saturated heterocycles. The summed E-state index contributed by atoms with van der Waals surface area (Å²) in [6.07, 6.45) is 0. The Bertz CT molecular complexity index is 411. The van der Waals surface area contributed by atoms with Crippen molar-refractivity contribution in [1.82, 2.24) is 0 Å². The molecule has 2 N–H and O–H groups in total. The summed E-state index contributed by atoms with van der Waals surface area (Å²) in [6.45, 7) is 0. The third-order valence-electron chi connectivity index (χ3n) is 1.46. The molecule has 1 aromatic rings. The van der Waals surface area contributed by atoms with Crippen LogP contribution in [-0.2, 0) is 0 Å². The summed E-state index contributed by atoms with van der Waals surface area (Å²) in [6, 6.07) is 4.14. The predicted octanol–water partition coefficient (Wildman–Crippen LogP) is 1.40.